The van der Waals surface area contributed by atoms with E-state index in [1.54, 1.807) is 5.57 Å². The van der Waals surface area contributed by atoms with Gasteiger partial charge in [0.25, 0.3) is 0 Å². The molecule has 1 rings (SSSR count). The zero-order chi connectivity index (χ0) is 7.94. The van der Waals surface area contributed by atoms with E-state index in [4.69, 9.17) is 0 Å². The molecule has 0 bridgehead atoms. The molecule has 0 atom stereocenters. The Kier molecular flexibility index (Phi) is 3.99. The van der Waals surface area contributed by atoms with E-state index in [1.165, 1.54) is 25.8 Å². The molecule has 0 aromatic carbocycles. The lowest BCUT2D eigenvalue weighted by Crippen LogP contribution is -2.23. The Hall–Kier alpha value is -0.560. The molecule has 62 valence electrons. The highest BCUT2D eigenvalue weighted by Crippen LogP contribution is 2.09. The first-order valence-electron chi connectivity index (χ1n) is 4.43. The molecule has 0 saturated carbocycles. The van der Waals surface area contributed by atoms with Crippen molar-refractivity contribution in [1.82, 2.24) is 5.32 Å². The SMILES string of the molecule is C=CCCC=C1CCCNC1. The monoisotopic (exact) mass is 151 g/mol. The fraction of sp³-hybridized carbons (Fsp3) is 0.600. The van der Waals surface area contributed by atoms with Gasteiger partial charge >= 0.3 is 0 Å². The standard InChI is InChI=1S/C10H17N/c1-2-3-4-6-10-7-5-8-11-9-10/h2,6,11H,1,3-5,7-9H2. The zero-order valence-corrected chi connectivity index (χ0v) is 7.10. The third-order valence-corrected chi connectivity index (χ3v) is 2.01. The second-order valence-electron chi connectivity index (χ2n) is 3.01. The van der Waals surface area contributed by atoms with Crippen molar-refractivity contribution in [2.24, 2.45) is 0 Å². The molecule has 11 heavy (non-hydrogen) atoms. The summed E-state index contributed by atoms with van der Waals surface area (Å²) in [5.74, 6) is 0. The van der Waals surface area contributed by atoms with Crippen molar-refractivity contribution >= 4 is 0 Å². The first kappa shape index (κ1) is 8.54. The van der Waals surface area contributed by atoms with Crippen LogP contribution in [-0.2, 0) is 0 Å². The summed E-state index contributed by atoms with van der Waals surface area (Å²) in [5.41, 5.74) is 1.58. The van der Waals surface area contributed by atoms with Gasteiger partial charge < -0.3 is 5.32 Å². The second-order valence-corrected chi connectivity index (χ2v) is 3.01. The summed E-state index contributed by atoms with van der Waals surface area (Å²) < 4.78 is 0. The smallest absolute Gasteiger partial charge is 0.0164 e. The van der Waals surface area contributed by atoms with Gasteiger partial charge in [-0.05, 0) is 32.2 Å². The van der Waals surface area contributed by atoms with Crippen LogP contribution < -0.4 is 5.32 Å². The van der Waals surface area contributed by atoms with Gasteiger partial charge in [-0.2, -0.15) is 0 Å². The van der Waals surface area contributed by atoms with Crippen molar-refractivity contribution in [1.29, 1.82) is 0 Å². The maximum Gasteiger partial charge on any atom is 0.0164 e. The van der Waals surface area contributed by atoms with Gasteiger partial charge in [0.15, 0.2) is 0 Å². The van der Waals surface area contributed by atoms with Crippen molar-refractivity contribution in [2.75, 3.05) is 13.1 Å². The minimum absolute atomic E-state index is 1.11. The first-order valence-corrected chi connectivity index (χ1v) is 4.43. The molecule has 1 aliphatic rings. The summed E-state index contributed by atoms with van der Waals surface area (Å²) in [5, 5.41) is 3.37. The molecule has 0 aliphatic carbocycles. The number of allylic oxidation sites excluding steroid dienone is 2. The topological polar surface area (TPSA) is 12.0 Å². The third-order valence-electron chi connectivity index (χ3n) is 2.01. The van der Waals surface area contributed by atoms with E-state index in [9.17, 15) is 0 Å². The van der Waals surface area contributed by atoms with E-state index >= 15 is 0 Å². The van der Waals surface area contributed by atoms with Gasteiger partial charge in [-0.25, -0.2) is 0 Å². The van der Waals surface area contributed by atoms with Crippen LogP contribution in [0.25, 0.3) is 0 Å². The van der Waals surface area contributed by atoms with Crippen LogP contribution in [0.1, 0.15) is 25.7 Å². The number of hydrogen-bond acceptors (Lipinski definition) is 1. The number of rotatable bonds is 3. The fourth-order valence-corrected chi connectivity index (χ4v) is 1.36. The molecule has 0 amide bonds. The molecule has 1 heterocycles. The summed E-state index contributed by atoms with van der Waals surface area (Å²) in [4.78, 5) is 0. The largest absolute Gasteiger partial charge is 0.313 e. The molecule has 1 aliphatic heterocycles. The van der Waals surface area contributed by atoms with Crippen LogP contribution >= 0.6 is 0 Å². The Morgan fingerprint density at radius 3 is 3.00 bits per heavy atom. The molecule has 1 fully saturated rings. The lowest BCUT2D eigenvalue weighted by Gasteiger charge is -2.14. The van der Waals surface area contributed by atoms with Gasteiger partial charge in [-0.3, -0.25) is 0 Å². The summed E-state index contributed by atoms with van der Waals surface area (Å²) in [6.07, 6.45) is 9.22. The van der Waals surface area contributed by atoms with Crippen molar-refractivity contribution in [2.45, 2.75) is 25.7 Å². The quantitative estimate of drug-likeness (QED) is 0.482. The zero-order valence-electron chi connectivity index (χ0n) is 7.10. The third kappa shape index (κ3) is 3.38. The number of unbranched alkanes of at least 4 members (excludes halogenated alkanes) is 1. The Labute approximate surface area is 69.2 Å². The summed E-state index contributed by atoms with van der Waals surface area (Å²) in [7, 11) is 0. The van der Waals surface area contributed by atoms with Crippen LogP contribution in [0.3, 0.4) is 0 Å². The summed E-state index contributed by atoms with van der Waals surface area (Å²) >= 11 is 0. The highest BCUT2D eigenvalue weighted by molar-refractivity contribution is 5.06. The minimum atomic E-state index is 1.11. The average Bonchev–Trinajstić information content (AvgIpc) is 2.07. The van der Waals surface area contributed by atoms with Crippen molar-refractivity contribution in [3.05, 3.63) is 24.3 Å². The normalized spacial score (nSPS) is 22.0. The molecule has 0 aromatic rings. The fourth-order valence-electron chi connectivity index (χ4n) is 1.36. The van der Waals surface area contributed by atoms with E-state index in [0.29, 0.717) is 0 Å². The van der Waals surface area contributed by atoms with Gasteiger partial charge in [-0.15, -0.1) is 6.58 Å². The number of hydrogen-bond donors (Lipinski definition) is 1. The minimum Gasteiger partial charge on any atom is -0.313 e. The lowest BCUT2D eigenvalue weighted by molar-refractivity contribution is 0.607. The molecular formula is C10H17N. The molecule has 1 N–H and O–H groups in total. The van der Waals surface area contributed by atoms with Crippen molar-refractivity contribution in [3.63, 3.8) is 0 Å². The van der Waals surface area contributed by atoms with Crippen LogP contribution in [0, 0.1) is 0 Å². The number of nitrogens with one attached hydrogen (secondary N) is 1. The van der Waals surface area contributed by atoms with Crippen LogP contribution in [0.2, 0.25) is 0 Å². The molecule has 0 aromatic heterocycles. The van der Waals surface area contributed by atoms with E-state index < -0.39 is 0 Å². The first-order chi connectivity index (χ1) is 5.43. The predicted molar refractivity (Wildman–Crippen MR) is 49.6 cm³/mol. The van der Waals surface area contributed by atoms with Crippen LogP contribution in [0.4, 0.5) is 0 Å². The van der Waals surface area contributed by atoms with Gasteiger partial charge in [0, 0.05) is 6.54 Å². The molecule has 0 unspecified atom stereocenters. The molecule has 1 heteroatoms. The Morgan fingerprint density at radius 1 is 1.45 bits per heavy atom. The highest BCUT2D eigenvalue weighted by atomic mass is 14.9. The highest BCUT2D eigenvalue weighted by Gasteiger charge is 2.02. The molecular weight excluding hydrogens is 134 g/mol. The number of piperidine rings is 1. The Balaban J connectivity index is 2.20. The maximum absolute atomic E-state index is 3.70. The summed E-state index contributed by atoms with van der Waals surface area (Å²) in [6.45, 7) is 6.00. The molecule has 1 saturated heterocycles. The molecule has 0 spiro atoms. The Morgan fingerprint density at radius 2 is 2.36 bits per heavy atom. The van der Waals surface area contributed by atoms with E-state index in [1.807, 2.05) is 6.08 Å². The Bertz CT molecular complexity index is 139. The maximum atomic E-state index is 3.70. The summed E-state index contributed by atoms with van der Waals surface area (Å²) in [6, 6.07) is 0. The van der Waals surface area contributed by atoms with E-state index in [-0.39, 0.29) is 0 Å². The second kappa shape index (κ2) is 5.14. The van der Waals surface area contributed by atoms with Crippen molar-refractivity contribution < 1.29 is 0 Å². The van der Waals surface area contributed by atoms with E-state index in [0.717, 1.165) is 13.0 Å². The molecule has 1 nitrogen and oxygen atoms in total. The van der Waals surface area contributed by atoms with Gasteiger partial charge in [0.2, 0.25) is 0 Å². The van der Waals surface area contributed by atoms with E-state index in [2.05, 4.69) is 18.0 Å². The van der Waals surface area contributed by atoms with Crippen LogP contribution in [0.5, 0.6) is 0 Å². The van der Waals surface area contributed by atoms with Gasteiger partial charge in [0.05, 0.1) is 0 Å². The lowest BCUT2D eigenvalue weighted by atomic mass is 10.1. The predicted octanol–water partition coefficient (Wildman–Crippen LogP) is 2.26. The van der Waals surface area contributed by atoms with Gasteiger partial charge in [0.1, 0.15) is 0 Å². The van der Waals surface area contributed by atoms with Crippen LogP contribution in [0.15, 0.2) is 24.3 Å². The van der Waals surface area contributed by atoms with Gasteiger partial charge in [-0.1, -0.05) is 17.7 Å². The molecule has 0 radical (unpaired) electrons. The average molecular weight is 151 g/mol. The van der Waals surface area contributed by atoms with Crippen molar-refractivity contribution in [3.8, 4) is 0 Å². The van der Waals surface area contributed by atoms with Crippen LogP contribution in [-0.4, -0.2) is 13.1 Å².